The maximum absolute atomic E-state index is 4.12. The summed E-state index contributed by atoms with van der Waals surface area (Å²) in [7, 11) is 0. The molecule has 0 saturated heterocycles. The van der Waals surface area contributed by atoms with Gasteiger partial charge in [0.05, 0.1) is 5.03 Å². The van der Waals surface area contributed by atoms with Gasteiger partial charge in [0.25, 0.3) is 0 Å². The van der Waals surface area contributed by atoms with Crippen LogP contribution < -0.4 is 0 Å². The lowest BCUT2D eigenvalue weighted by Crippen LogP contribution is -1.75. The van der Waals surface area contributed by atoms with Crippen molar-refractivity contribution in [1.29, 1.82) is 0 Å². The lowest BCUT2D eigenvalue weighted by atomic mass is 10.5. The minimum atomic E-state index is 0.934. The molecule has 2 heteroatoms. The molecule has 0 fully saturated rings. The Kier molecular flexibility index (Phi) is 6.71. The normalized spacial score (nSPS) is 10.6. The van der Waals surface area contributed by atoms with Gasteiger partial charge in [-0.15, -0.1) is 11.8 Å². The molecule has 1 nitrogen and oxygen atoms in total. The topological polar surface area (TPSA) is 12.4 Å². The van der Waals surface area contributed by atoms with Gasteiger partial charge in [0, 0.05) is 6.21 Å². The second-order valence-electron chi connectivity index (χ2n) is 1.96. The standard InChI is InChI=1S/C8H15NS/c1-4-6-9-8(3)10-7-5-2/h6H,3-5,7H2,1-2H3/b9-6-. The van der Waals surface area contributed by atoms with Crippen molar-refractivity contribution in [1.82, 2.24) is 0 Å². The van der Waals surface area contributed by atoms with E-state index in [0.29, 0.717) is 0 Å². The molecule has 0 aliphatic heterocycles. The minimum absolute atomic E-state index is 0.934. The van der Waals surface area contributed by atoms with Gasteiger partial charge >= 0.3 is 0 Å². The fourth-order valence-corrected chi connectivity index (χ4v) is 1.04. The van der Waals surface area contributed by atoms with Crippen LogP contribution in [0.3, 0.4) is 0 Å². The van der Waals surface area contributed by atoms with E-state index in [1.54, 1.807) is 11.8 Å². The average molecular weight is 157 g/mol. The molecule has 0 radical (unpaired) electrons. The number of aliphatic imine (C=N–C) groups is 1. The minimum Gasteiger partial charge on any atom is -0.255 e. The first-order valence-electron chi connectivity index (χ1n) is 3.65. The lowest BCUT2D eigenvalue weighted by Gasteiger charge is -1.94. The van der Waals surface area contributed by atoms with Gasteiger partial charge in [-0.2, -0.15) is 0 Å². The largest absolute Gasteiger partial charge is 0.255 e. The van der Waals surface area contributed by atoms with Crippen LogP contribution in [0.4, 0.5) is 0 Å². The van der Waals surface area contributed by atoms with E-state index in [1.807, 2.05) is 6.21 Å². The SMILES string of the molecule is C=C(/N=C\CC)SCCC. The smallest absolute Gasteiger partial charge is 0.0883 e. The maximum Gasteiger partial charge on any atom is 0.0883 e. The molecule has 0 amide bonds. The van der Waals surface area contributed by atoms with E-state index in [2.05, 4.69) is 25.4 Å². The van der Waals surface area contributed by atoms with Crippen LogP contribution in [0, 0.1) is 0 Å². The van der Waals surface area contributed by atoms with Crippen molar-refractivity contribution in [3.05, 3.63) is 11.6 Å². The van der Waals surface area contributed by atoms with Crippen LogP contribution in [-0.2, 0) is 0 Å². The molecule has 0 atom stereocenters. The van der Waals surface area contributed by atoms with Crippen molar-refractivity contribution in [2.24, 2.45) is 4.99 Å². The molecule has 0 aromatic carbocycles. The first kappa shape index (κ1) is 9.76. The molecule has 0 rings (SSSR count). The van der Waals surface area contributed by atoms with Crippen LogP contribution in [0.2, 0.25) is 0 Å². The van der Waals surface area contributed by atoms with E-state index in [0.717, 1.165) is 17.2 Å². The van der Waals surface area contributed by atoms with Crippen LogP contribution >= 0.6 is 11.8 Å². The highest BCUT2D eigenvalue weighted by molar-refractivity contribution is 8.03. The van der Waals surface area contributed by atoms with Crippen LogP contribution in [0.25, 0.3) is 0 Å². The zero-order valence-electron chi connectivity index (χ0n) is 6.76. The summed E-state index contributed by atoms with van der Waals surface area (Å²) in [5.41, 5.74) is 0. The summed E-state index contributed by atoms with van der Waals surface area (Å²) >= 11 is 1.72. The summed E-state index contributed by atoms with van der Waals surface area (Å²) in [5, 5.41) is 0.934. The van der Waals surface area contributed by atoms with Crippen molar-refractivity contribution in [3.8, 4) is 0 Å². The third-order valence-corrected chi connectivity index (χ3v) is 1.94. The van der Waals surface area contributed by atoms with Crippen LogP contribution in [-0.4, -0.2) is 12.0 Å². The first-order chi connectivity index (χ1) is 4.81. The number of rotatable bonds is 5. The van der Waals surface area contributed by atoms with Crippen LogP contribution in [0.5, 0.6) is 0 Å². The fourth-order valence-electron chi connectivity index (χ4n) is 0.450. The van der Waals surface area contributed by atoms with Crippen LogP contribution in [0.15, 0.2) is 16.6 Å². The molecule has 0 heterocycles. The van der Waals surface area contributed by atoms with Crippen molar-refractivity contribution in [2.75, 3.05) is 5.75 Å². The fraction of sp³-hybridized carbons (Fsp3) is 0.625. The lowest BCUT2D eigenvalue weighted by molar-refractivity contribution is 1.11. The van der Waals surface area contributed by atoms with Crippen molar-refractivity contribution in [3.63, 3.8) is 0 Å². The van der Waals surface area contributed by atoms with Gasteiger partial charge in [0.15, 0.2) is 0 Å². The Bertz CT molecular complexity index is 118. The summed E-state index contributed by atoms with van der Waals surface area (Å²) in [4.78, 5) is 4.12. The molecule has 0 unspecified atom stereocenters. The van der Waals surface area contributed by atoms with Crippen molar-refractivity contribution in [2.45, 2.75) is 26.7 Å². The highest BCUT2D eigenvalue weighted by Gasteiger charge is 1.87. The molecule has 0 aliphatic rings. The second-order valence-corrected chi connectivity index (χ2v) is 3.13. The molecule has 0 aromatic rings. The van der Waals surface area contributed by atoms with E-state index in [1.165, 1.54) is 6.42 Å². The molecular formula is C8H15NS. The summed E-state index contributed by atoms with van der Waals surface area (Å²) in [5.74, 6) is 1.12. The Balaban J connectivity index is 3.34. The Morgan fingerprint density at radius 3 is 2.80 bits per heavy atom. The number of nitrogens with zero attached hydrogens (tertiary/aromatic N) is 1. The molecule has 0 aliphatic carbocycles. The molecule has 0 aromatic heterocycles. The summed E-state index contributed by atoms with van der Waals surface area (Å²) < 4.78 is 0. The van der Waals surface area contributed by atoms with Gasteiger partial charge in [0.2, 0.25) is 0 Å². The molecule has 0 bridgehead atoms. The number of hydrogen-bond acceptors (Lipinski definition) is 2. The van der Waals surface area contributed by atoms with Gasteiger partial charge in [-0.1, -0.05) is 20.4 Å². The van der Waals surface area contributed by atoms with E-state index < -0.39 is 0 Å². The molecule has 0 spiro atoms. The van der Waals surface area contributed by atoms with E-state index in [4.69, 9.17) is 0 Å². The number of hydrogen-bond donors (Lipinski definition) is 0. The summed E-state index contributed by atoms with van der Waals surface area (Å²) in [6.07, 6.45) is 4.07. The van der Waals surface area contributed by atoms with Crippen LogP contribution in [0.1, 0.15) is 26.7 Å². The molecule has 58 valence electrons. The average Bonchev–Trinajstić information content (AvgIpc) is 1.97. The zero-order valence-corrected chi connectivity index (χ0v) is 7.58. The maximum atomic E-state index is 4.12. The van der Waals surface area contributed by atoms with Gasteiger partial charge in [-0.3, -0.25) is 4.99 Å². The Morgan fingerprint density at radius 1 is 1.60 bits per heavy atom. The molecule has 0 N–H and O–H groups in total. The third kappa shape index (κ3) is 5.89. The highest BCUT2D eigenvalue weighted by Crippen LogP contribution is 2.14. The predicted octanol–water partition coefficient (Wildman–Crippen LogP) is 3.08. The van der Waals surface area contributed by atoms with Gasteiger partial charge in [-0.25, -0.2) is 0 Å². The van der Waals surface area contributed by atoms with E-state index in [-0.39, 0.29) is 0 Å². The molecular weight excluding hydrogens is 142 g/mol. The number of thioether (sulfide) groups is 1. The first-order valence-corrected chi connectivity index (χ1v) is 4.64. The quantitative estimate of drug-likeness (QED) is 0.559. The Labute approximate surface area is 67.6 Å². The molecule has 10 heavy (non-hydrogen) atoms. The highest BCUT2D eigenvalue weighted by atomic mass is 32.2. The monoisotopic (exact) mass is 157 g/mol. The van der Waals surface area contributed by atoms with E-state index >= 15 is 0 Å². The van der Waals surface area contributed by atoms with Crippen molar-refractivity contribution >= 4 is 18.0 Å². The van der Waals surface area contributed by atoms with Gasteiger partial charge in [-0.05, 0) is 18.6 Å². The Morgan fingerprint density at radius 2 is 2.30 bits per heavy atom. The van der Waals surface area contributed by atoms with E-state index in [9.17, 15) is 0 Å². The third-order valence-electron chi connectivity index (χ3n) is 0.891. The zero-order chi connectivity index (χ0) is 7.82. The molecule has 0 saturated carbocycles. The summed E-state index contributed by atoms with van der Waals surface area (Å²) in [6, 6.07) is 0. The predicted molar refractivity (Wildman–Crippen MR) is 50.7 cm³/mol. The Hall–Kier alpha value is -0.240. The van der Waals surface area contributed by atoms with Gasteiger partial charge < -0.3 is 0 Å². The second kappa shape index (κ2) is 6.87. The summed E-state index contributed by atoms with van der Waals surface area (Å²) in [6.45, 7) is 8.02. The van der Waals surface area contributed by atoms with Crippen molar-refractivity contribution < 1.29 is 0 Å². The van der Waals surface area contributed by atoms with Gasteiger partial charge in [0.1, 0.15) is 0 Å².